The van der Waals surface area contributed by atoms with E-state index in [2.05, 4.69) is 0 Å². The number of para-hydroxylation sites is 1. The van der Waals surface area contributed by atoms with Gasteiger partial charge in [0, 0.05) is 24.3 Å². The number of rotatable bonds is 6. The van der Waals surface area contributed by atoms with Gasteiger partial charge in [-0.2, -0.15) is 0 Å². The summed E-state index contributed by atoms with van der Waals surface area (Å²) in [5.74, 6) is -0.675. The van der Waals surface area contributed by atoms with Crippen molar-refractivity contribution in [2.24, 2.45) is 0 Å². The fourth-order valence-corrected chi connectivity index (χ4v) is 1.87. The van der Waals surface area contributed by atoms with Gasteiger partial charge in [0.1, 0.15) is 6.61 Å². The number of nitrogens with zero attached hydrogens (tertiary/aromatic N) is 2. The number of non-ortho nitro benzene ring substituents is 1. The van der Waals surface area contributed by atoms with Gasteiger partial charge in [0.25, 0.3) is 11.4 Å². The summed E-state index contributed by atoms with van der Waals surface area (Å²) in [7, 11) is 0. The lowest BCUT2D eigenvalue weighted by atomic mass is 10.1. The van der Waals surface area contributed by atoms with Crippen LogP contribution in [0.4, 0.5) is 11.4 Å². The van der Waals surface area contributed by atoms with Gasteiger partial charge >= 0.3 is 5.97 Å². The Morgan fingerprint density at radius 3 is 2.29 bits per heavy atom. The largest absolute Gasteiger partial charge is 0.458 e. The highest BCUT2D eigenvalue weighted by Gasteiger charge is 2.10. The highest BCUT2D eigenvalue weighted by atomic mass is 16.6. The maximum Gasteiger partial charge on any atom is 0.331 e. The molecular formula is C16H12N2O6. The van der Waals surface area contributed by atoms with Crippen LogP contribution >= 0.6 is 0 Å². The number of nitro benzene ring substituents is 2. The van der Waals surface area contributed by atoms with Crippen LogP contribution in [0.5, 0.6) is 0 Å². The summed E-state index contributed by atoms with van der Waals surface area (Å²) >= 11 is 0. The Kier molecular flexibility index (Phi) is 5.35. The van der Waals surface area contributed by atoms with Crippen molar-refractivity contribution in [2.45, 2.75) is 6.61 Å². The summed E-state index contributed by atoms with van der Waals surface area (Å²) in [5, 5.41) is 21.4. The summed E-state index contributed by atoms with van der Waals surface area (Å²) in [4.78, 5) is 32.0. The quantitative estimate of drug-likeness (QED) is 0.348. The van der Waals surface area contributed by atoms with Crippen molar-refractivity contribution in [1.82, 2.24) is 0 Å². The standard InChI is InChI=1S/C16H12N2O6/c19-16(10-7-13-3-1-2-4-15(13)18(22)23)24-11-12-5-8-14(9-6-12)17(20)21/h1-10H,11H2/b10-7+. The van der Waals surface area contributed by atoms with Gasteiger partial charge in [-0.25, -0.2) is 4.79 Å². The van der Waals surface area contributed by atoms with Gasteiger partial charge in [-0.15, -0.1) is 0 Å². The molecule has 0 atom stereocenters. The SMILES string of the molecule is O=C(/C=C/c1ccccc1[N+](=O)[O-])OCc1ccc([N+](=O)[O-])cc1. The number of carbonyl (C=O) groups excluding carboxylic acids is 1. The molecule has 0 aliphatic heterocycles. The van der Waals surface area contributed by atoms with Crippen LogP contribution < -0.4 is 0 Å². The Morgan fingerprint density at radius 2 is 1.67 bits per heavy atom. The molecule has 0 saturated heterocycles. The van der Waals surface area contributed by atoms with Crippen molar-refractivity contribution in [1.29, 1.82) is 0 Å². The third-order valence-corrected chi connectivity index (χ3v) is 3.06. The smallest absolute Gasteiger partial charge is 0.331 e. The van der Waals surface area contributed by atoms with Crippen LogP contribution in [-0.2, 0) is 16.1 Å². The lowest BCUT2D eigenvalue weighted by Gasteiger charge is -2.02. The Hall–Kier alpha value is -3.55. The van der Waals surface area contributed by atoms with Crippen LogP contribution in [0, 0.1) is 20.2 Å². The molecule has 0 spiro atoms. The fraction of sp³-hybridized carbons (Fsp3) is 0.0625. The Morgan fingerprint density at radius 1 is 1.00 bits per heavy atom. The second-order valence-electron chi connectivity index (χ2n) is 4.68. The molecular weight excluding hydrogens is 316 g/mol. The van der Waals surface area contributed by atoms with Crippen LogP contribution in [0.2, 0.25) is 0 Å². The molecule has 0 unspecified atom stereocenters. The first kappa shape index (κ1) is 16.8. The van der Waals surface area contributed by atoms with Crippen LogP contribution in [0.25, 0.3) is 6.08 Å². The molecule has 2 aromatic carbocycles. The minimum absolute atomic E-state index is 0.0543. The molecule has 0 radical (unpaired) electrons. The van der Waals surface area contributed by atoms with Gasteiger partial charge in [-0.05, 0) is 29.8 Å². The Balaban J connectivity index is 1.96. The number of esters is 1. The number of carbonyl (C=O) groups is 1. The highest BCUT2D eigenvalue weighted by Crippen LogP contribution is 2.19. The zero-order valence-corrected chi connectivity index (χ0v) is 12.3. The van der Waals surface area contributed by atoms with Gasteiger partial charge in [0.15, 0.2) is 0 Å². The van der Waals surface area contributed by atoms with Crippen LogP contribution in [-0.4, -0.2) is 15.8 Å². The van der Waals surface area contributed by atoms with E-state index in [-0.39, 0.29) is 23.5 Å². The number of nitro groups is 2. The van der Waals surface area contributed by atoms with Crippen LogP contribution in [0.1, 0.15) is 11.1 Å². The molecule has 122 valence electrons. The molecule has 0 heterocycles. The minimum Gasteiger partial charge on any atom is -0.458 e. The average Bonchev–Trinajstić information content (AvgIpc) is 2.58. The molecule has 0 bridgehead atoms. The second-order valence-corrected chi connectivity index (χ2v) is 4.68. The van der Waals surface area contributed by atoms with E-state index in [0.717, 1.165) is 6.08 Å². The second kappa shape index (κ2) is 7.63. The molecule has 0 amide bonds. The Bertz CT molecular complexity index is 798. The van der Waals surface area contributed by atoms with Gasteiger partial charge in [0.2, 0.25) is 0 Å². The number of ether oxygens (including phenoxy) is 1. The monoisotopic (exact) mass is 328 g/mol. The molecule has 8 heteroatoms. The Labute approximate surface area is 136 Å². The van der Waals surface area contributed by atoms with E-state index >= 15 is 0 Å². The molecule has 0 N–H and O–H groups in total. The first-order chi connectivity index (χ1) is 11.5. The maximum absolute atomic E-state index is 11.7. The lowest BCUT2D eigenvalue weighted by molar-refractivity contribution is -0.385. The first-order valence-corrected chi connectivity index (χ1v) is 6.79. The van der Waals surface area contributed by atoms with Crippen molar-refractivity contribution in [2.75, 3.05) is 0 Å². The van der Waals surface area contributed by atoms with Gasteiger partial charge < -0.3 is 4.74 Å². The van der Waals surface area contributed by atoms with E-state index in [1.54, 1.807) is 6.07 Å². The van der Waals surface area contributed by atoms with Crippen LogP contribution in [0.15, 0.2) is 54.6 Å². The van der Waals surface area contributed by atoms with E-state index < -0.39 is 15.8 Å². The first-order valence-electron chi connectivity index (χ1n) is 6.79. The van der Waals surface area contributed by atoms with Gasteiger partial charge in [-0.1, -0.05) is 12.1 Å². The summed E-state index contributed by atoms with van der Waals surface area (Å²) < 4.78 is 4.99. The number of hydrogen-bond donors (Lipinski definition) is 0. The van der Waals surface area contributed by atoms with Crippen LogP contribution in [0.3, 0.4) is 0 Å². The molecule has 0 aliphatic carbocycles. The predicted molar refractivity (Wildman–Crippen MR) is 85.0 cm³/mol. The molecule has 2 aromatic rings. The zero-order chi connectivity index (χ0) is 17.5. The van der Waals surface area contributed by atoms with E-state index in [1.807, 2.05) is 0 Å². The normalized spacial score (nSPS) is 10.5. The van der Waals surface area contributed by atoms with Gasteiger partial charge in [-0.3, -0.25) is 20.2 Å². The van der Waals surface area contributed by atoms with Crippen molar-refractivity contribution in [3.8, 4) is 0 Å². The third-order valence-electron chi connectivity index (χ3n) is 3.06. The fourth-order valence-electron chi connectivity index (χ4n) is 1.87. The van der Waals surface area contributed by atoms with Crippen molar-refractivity contribution < 1.29 is 19.4 Å². The van der Waals surface area contributed by atoms with Crippen molar-refractivity contribution in [3.63, 3.8) is 0 Å². The topological polar surface area (TPSA) is 113 Å². The third kappa shape index (κ3) is 4.47. The van der Waals surface area contributed by atoms with E-state index in [9.17, 15) is 25.0 Å². The highest BCUT2D eigenvalue weighted by molar-refractivity contribution is 5.87. The summed E-state index contributed by atoms with van der Waals surface area (Å²) in [6.07, 6.45) is 2.39. The molecule has 0 saturated carbocycles. The molecule has 0 aliphatic rings. The molecule has 0 aromatic heterocycles. The van der Waals surface area contributed by atoms with Gasteiger partial charge in [0.05, 0.1) is 15.4 Å². The van der Waals surface area contributed by atoms with Crippen molar-refractivity contribution in [3.05, 3.63) is 86.0 Å². The van der Waals surface area contributed by atoms with E-state index in [4.69, 9.17) is 4.74 Å². The van der Waals surface area contributed by atoms with E-state index in [0.29, 0.717) is 5.56 Å². The molecule has 0 fully saturated rings. The van der Waals surface area contributed by atoms with Crippen molar-refractivity contribution >= 4 is 23.4 Å². The lowest BCUT2D eigenvalue weighted by Crippen LogP contribution is -2.01. The number of hydrogen-bond acceptors (Lipinski definition) is 6. The average molecular weight is 328 g/mol. The van der Waals surface area contributed by atoms with E-state index in [1.165, 1.54) is 48.5 Å². The summed E-state index contributed by atoms with van der Waals surface area (Å²) in [6.45, 7) is -0.0575. The molecule has 8 nitrogen and oxygen atoms in total. The number of benzene rings is 2. The molecule has 2 rings (SSSR count). The summed E-state index contributed by atoms with van der Waals surface area (Å²) in [5.41, 5.74) is 0.709. The maximum atomic E-state index is 11.7. The minimum atomic E-state index is -0.675. The zero-order valence-electron chi connectivity index (χ0n) is 12.3. The summed E-state index contributed by atoms with van der Waals surface area (Å²) in [6, 6.07) is 11.6. The molecule has 24 heavy (non-hydrogen) atoms. The predicted octanol–water partition coefficient (Wildman–Crippen LogP) is 3.26.